The molecule has 4 rings (SSSR count). The van der Waals surface area contributed by atoms with E-state index in [-0.39, 0.29) is 5.82 Å². The molecule has 0 aliphatic rings. The molecule has 0 aliphatic heterocycles. The molecule has 1 heterocycles. The zero-order valence-electron chi connectivity index (χ0n) is 15.0. The number of benzene rings is 3. The predicted octanol–water partition coefficient (Wildman–Crippen LogP) is 7.16. The second-order valence-electron chi connectivity index (χ2n) is 5.93. The van der Waals surface area contributed by atoms with Crippen LogP contribution in [0.5, 0.6) is 11.5 Å². The van der Waals surface area contributed by atoms with E-state index in [1.165, 1.54) is 29.2 Å². The summed E-state index contributed by atoms with van der Waals surface area (Å²) in [5.41, 5.74) is 1.34. The van der Waals surface area contributed by atoms with Gasteiger partial charge in [-0.05, 0) is 48.5 Å². The van der Waals surface area contributed by atoms with Crippen molar-refractivity contribution in [2.45, 2.75) is 10.1 Å². The lowest BCUT2D eigenvalue weighted by atomic mass is 10.2. The van der Waals surface area contributed by atoms with Gasteiger partial charge in [0.1, 0.15) is 17.3 Å². The normalized spacial score (nSPS) is 10.7. The van der Waals surface area contributed by atoms with Crippen LogP contribution in [0.3, 0.4) is 0 Å². The number of hydrogen-bond acceptors (Lipinski definition) is 6. The predicted molar refractivity (Wildman–Crippen MR) is 117 cm³/mol. The molecule has 0 fully saturated rings. The summed E-state index contributed by atoms with van der Waals surface area (Å²) in [4.78, 5) is 0. The van der Waals surface area contributed by atoms with E-state index in [4.69, 9.17) is 16.3 Å². The van der Waals surface area contributed by atoms with Gasteiger partial charge in [-0.2, -0.15) is 0 Å². The molecule has 4 nitrogen and oxygen atoms in total. The van der Waals surface area contributed by atoms with Gasteiger partial charge in [0, 0.05) is 22.0 Å². The summed E-state index contributed by atoms with van der Waals surface area (Å²) < 4.78 is 20.4. The minimum atomic E-state index is -0.314. The van der Waals surface area contributed by atoms with Crippen LogP contribution in [0, 0.1) is 5.82 Å². The third kappa shape index (κ3) is 5.26. The second-order valence-corrected chi connectivity index (χ2v) is 8.53. The Hall–Kier alpha value is -2.61. The van der Waals surface area contributed by atoms with Crippen molar-refractivity contribution < 1.29 is 9.13 Å². The molecule has 8 heteroatoms. The molecule has 29 heavy (non-hydrogen) atoms. The topological polar surface area (TPSA) is 47.0 Å². The molecule has 3 aromatic carbocycles. The SMILES string of the molecule is Fc1cccc(Cl)c1CSc1nnc(Nc2ccc(Oc3ccccc3)cc2)s1. The smallest absolute Gasteiger partial charge is 0.210 e. The van der Waals surface area contributed by atoms with Crippen molar-refractivity contribution in [1.29, 1.82) is 0 Å². The maximum absolute atomic E-state index is 13.9. The highest BCUT2D eigenvalue weighted by Crippen LogP contribution is 2.33. The van der Waals surface area contributed by atoms with E-state index < -0.39 is 0 Å². The van der Waals surface area contributed by atoms with Crippen LogP contribution in [-0.2, 0) is 5.75 Å². The number of nitrogens with one attached hydrogen (secondary N) is 1. The zero-order valence-corrected chi connectivity index (χ0v) is 17.4. The van der Waals surface area contributed by atoms with Gasteiger partial charge >= 0.3 is 0 Å². The molecule has 1 aromatic heterocycles. The Morgan fingerprint density at radius 3 is 2.45 bits per heavy atom. The molecule has 0 bridgehead atoms. The Bertz CT molecular complexity index is 1070. The lowest BCUT2D eigenvalue weighted by Crippen LogP contribution is -1.90. The molecule has 0 saturated carbocycles. The first kappa shape index (κ1) is 19.7. The molecule has 1 N–H and O–H groups in total. The summed E-state index contributed by atoms with van der Waals surface area (Å²) in [5, 5.41) is 12.6. The van der Waals surface area contributed by atoms with Gasteiger partial charge in [0.25, 0.3) is 0 Å². The highest BCUT2D eigenvalue weighted by Gasteiger charge is 2.10. The Morgan fingerprint density at radius 1 is 0.931 bits per heavy atom. The number of hydrogen-bond donors (Lipinski definition) is 1. The quantitative estimate of drug-likeness (QED) is 0.307. The van der Waals surface area contributed by atoms with Crippen LogP contribution in [0.4, 0.5) is 15.2 Å². The van der Waals surface area contributed by atoms with Crippen molar-refractivity contribution in [2.75, 3.05) is 5.32 Å². The standard InChI is InChI=1S/C21H15ClFN3OS2/c22-18-7-4-8-19(23)17(18)13-28-21-26-25-20(29-21)24-14-9-11-16(12-10-14)27-15-5-2-1-3-6-15/h1-12H,13H2,(H,24,25). The highest BCUT2D eigenvalue weighted by molar-refractivity contribution is 8.00. The van der Waals surface area contributed by atoms with Crippen molar-refractivity contribution in [2.24, 2.45) is 0 Å². The fraction of sp³-hybridized carbons (Fsp3) is 0.0476. The number of aromatic nitrogens is 2. The van der Waals surface area contributed by atoms with E-state index in [1.807, 2.05) is 54.6 Å². The Kier molecular flexibility index (Phi) is 6.29. The largest absolute Gasteiger partial charge is 0.457 e. The van der Waals surface area contributed by atoms with Gasteiger partial charge in [0.05, 0.1) is 0 Å². The highest BCUT2D eigenvalue weighted by atomic mass is 35.5. The van der Waals surface area contributed by atoms with Crippen molar-refractivity contribution in [3.05, 3.63) is 89.2 Å². The van der Waals surface area contributed by atoms with Crippen LogP contribution in [0.15, 0.2) is 77.1 Å². The number of thioether (sulfide) groups is 1. The van der Waals surface area contributed by atoms with Crippen LogP contribution in [0.1, 0.15) is 5.56 Å². The summed E-state index contributed by atoms with van der Waals surface area (Å²) in [7, 11) is 0. The molecule has 4 aromatic rings. The monoisotopic (exact) mass is 443 g/mol. The first-order chi connectivity index (χ1) is 14.2. The maximum Gasteiger partial charge on any atom is 0.210 e. The average molecular weight is 444 g/mol. The van der Waals surface area contributed by atoms with Gasteiger partial charge in [-0.15, -0.1) is 10.2 Å². The number of halogens is 2. The van der Waals surface area contributed by atoms with Crippen molar-refractivity contribution >= 4 is 45.5 Å². The Labute approximate surface area is 180 Å². The van der Waals surface area contributed by atoms with E-state index >= 15 is 0 Å². The van der Waals surface area contributed by atoms with Crippen LogP contribution < -0.4 is 10.1 Å². The molecule has 0 amide bonds. The summed E-state index contributed by atoms with van der Waals surface area (Å²) in [5.74, 6) is 1.61. The average Bonchev–Trinajstić information content (AvgIpc) is 3.17. The van der Waals surface area contributed by atoms with Crippen LogP contribution >= 0.6 is 34.7 Å². The minimum Gasteiger partial charge on any atom is -0.457 e. The zero-order chi connectivity index (χ0) is 20.1. The molecular formula is C21H15ClFN3OS2. The Balaban J connectivity index is 1.35. The number of anilines is 2. The number of nitrogens with zero attached hydrogens (tertiary/aromatic N) is 2. The molecule has 0 atom stereocenters. The Morgan fingerprint density at radius 2 is 1.69 bits per heavy atom. The molecule has 0 saturated heterocycles. The number of ether oxygens (including phenoxy) is 1. The number of rotatable bonds is 7. The third-order valence-electron chi connectivity index (χ3n) is 3.89. The third-order valence-corrected chi connectivity index (χ3v) is 6.25. The molecule has 0 unspecified atom stereocenters. The first-order valence-corrected chi connectivity index (χ1v) is 10.8. The molecule has 0 radical (unpaired) electrons. The summed E-state index contributed by atoms with van der Waals surface area (Å²) in [6.45, 7) is 0. The molecular weight excluding hydrogens is 429 g/mol. The maximum atomic E-state index is 13.9. The van der Waals surface area contributed by atoms with Crippen LogP contribution in [0.25, 0.3) is 0 Å². The fourth-order valence-corrected chi connectivity index (χ4v) is 4.59. The van der Waals surface area contributed by atoms with Crippen molar-refractivity contribution in [3.63, 3.8) is 0 Å². The summed E-state index contributed by atoms with van der Waals surface area (Å²) >= 11 is 8.86. The van der Waals surface area contributed by atoms with Gasteiger partial charge in [-0.3, -0.25) is 0 Å². The van der Waals surface area contributed by atoms with Gasteiger partial charge in [-0.25, -0.2) is 4.39 Å². The molecule has 0 aliphatic carbocycles. The summed E-state index contributed by atoms with van der Waals surface area (Å²) in [6.07, 6.45) is 0. The minimum absolute atomic E-state index is 0.314. The van der Waals surface area contributed by atoms with Crippen LogP contribution in [-0.4, -0.2) is 10.2 Å². The lowest BCUT2D eigenvalue weighted by Gasteiger charge is -2.07. The second kappa shape index (κ2) is 9.26. The van der Waals surface area contributed by atoms with E-state index in [9.17, 15) is 4.39 Å². The van der Waals surface area contributed by atoms with Crippen molar-refractivity contribution in [1.82, 2.24) is 10.2 Å². The van der Waals surface area contributed by atoms with Gasteiger partial charge in [0.2, 0.25) is 5.13 Å². The van der Waals surface area contributed by atoms with E-state index in [2.05, 4.69) is 15.5 Å². The van der Waals surface area contributed by atoms with Gasteiger partial charge in [0.15, 0.2) is 4.34 Å². The number of para-hydroxylation sites is 1. The van der Waals surface area contributed by atoms with E-state index in [0.29, 0.717) is 21.5 Å². The molecule has 146 valence electrons. The first-order valence-electron chi connectivity index (χ1n) is 8.66. The van der Waals surface area contributed by atoms with Gasteiger partial charge < -0.3 is 10.1 Å². The van der Waals surface area contributed by atoms with Crippen molar-refractivity contribution in [3.8, 4) is 11.5 Å². The van der Waals surface area contributed by atoms with Gasteiger partial charge in [-0.1, -0.05) is 59.0 Å². The fourth-order valence-electron chi connectivity index (χ4n) is 2.48. The lowest BCUT2D eigenvalue weighted by molar-refractivity contribution is 0.483. The van der Waals surface area contributed by atoms with Crippen LogP contribution in [0.2, 0.25) is 5.02 Å². The molecule has 0 spiro atoms. The van der Waals surface area contributed by atoms with E-state index in [1.54, 1.807) is 12.1 Å². The van der Waals surface area contributed by atoms with E-state index in [0.717, 1.165) is 21.5 Å². The summed E-state index contributed by atoms with van der Waals surface area (Å²) in [6, 6.07) is 21.9.